The zero-order chi connectivity index (χ0) is 27.8. The maximum atomic E-state index is 11.9. The lowest BCUT2D eigenvalue weighted by atomic mass is 10.0. The van der Waals surface area contributed by atoms with E-state index in [2.05, 4.69) is 32.9 Å². The van der Waals surface area contributed by atoms with Crippen molar-refractivity contribution in [2.24, 2.45) is 5.92 Å². The molecule has 0 bridgehead atoms. The van der Waals surface area contributed by atoms with Crippen LogP contribution in [0.4, 0.5) is 0 Å². The van der Waals surface area contributed by atoms with Crippen LogP contribution in [0.1, 0.15) is 201 Å². The highest BCUT2D eigenvalue weighted by atomic mass is 16.5. The van der Waals surface area contributed by atoms with Gasteiger partial charge in [-0.2, -0.15) is 0 Å². The summed E-state index contributed by atoms with van der Waals surface area (Å²) in [5.74, 6) is 0.878. The number of ether oxygens (including phenoxy) is 1. The highest BCUT2D eigenvalue weighted by Crippen LogP contribution is 2.14. The van der Waals surface area contributed by atoms with E-state index in [0.29, 0.717) is 13.0 Å². The zero-order valence-corrected chi connectivity index (χ0v) is 26.6. The van der Waals surface area contributed by atoms with Crippen LogP contribution in [-0.4, -0.2) is 12.6 Å². The van der Waals surface area contributed by atoms with E-state index in [9.17, 15) is 4.79 Å². The van der Waals surface area contributed by atoms with Gasteiger partial charge in [-0.25, -0.2) is 0 Å². The van der Waals surface area contributed by atoms with E-state index in [1.54, 1.807) is 0 Å². The summed E-state index contributed by atoms with van der Waals surface area (Å²) in [5, 5.41) is 0. The first-order chi connectivity index (χ1) is 18.7. The molecule has 0 aromatic heterocycles. The zero-order valence-electron chi connectivity index (χ0n) is 26.6. The molecule has 0 heterocycles. The number of rotatable bonds is 31. The quantitative estimate of drug-likeness (QED) is 0.0502. The molecule has 0 radical (unpaired) electrons. The molecule has 0 aromatic rings. The van der Waals surface area contributed by atoms with Crippen LogP contribution in [0.3, 0.4) is 0 Å². The summed E-state index contributed by atoms with van der Waals surface area (Å²) in [7, 11) is 0. The van der Waals surface area contributed by atoms with Gasteiger partial charge < -0.3 is 4.74 Å². The second-order valence-corrected chi connectivity index (χ2v) is 12.3. The van der Waals surface area contributed by atoms with Crippen LogP contribution in [-0.2, 0) is 9.53 Å². The third kappa shape index (κ3) is 33.2. The number of hydrogen-bond acceptors (Lipinski definition) is 2. The van der Waals surface area contributed by atoms with Crippen molar-refractivity contribution in [2.75, 3.05) is 6.61 Å². The van der Waals surface area contributed by atoms with Crippen LogP contribution in [0, 0.1) is 5.92 Å². The molecule has 0 N–H and O–H groups in total. The number of unbranched alkanes of at least 4 members (excludes halogenated alkanes) is 23. The monoisotopic (exact) mass is 535 g/mol. The molecule has 0 saturated heterocycles. The Morgan fingerprint density at radius 2 is 0.921 bits per heavy atom. The summed E-state index contributed by atoms with van der Waals surface area (Å²) >= 11 is 0. The molecule has 0 fully saturated rings. The van der Waals surface area contributed by atoms with Gasteiger partial charge >= 0.3 is 5.97 Å². The lowest BCUT2D eigenvalue weighted by Crippen LogP contribution is -2.05. The highest BCUT2D eigenvalue weighted by molar-refractivity contribution is 5.69. The summed E-state index contributed by atoms with van der Waals surface area (Å²) in [4.78, 5) is 11.9. The minimum atomic E-state index is 0.0208. The fraction of sp³-hybridized carbons (Fsp3) is 0.917. The largest absolute Gasteiger partial charge is 0.466 e. The van der Waals surface area contributed by atoms with E-state index in [0.717, 1.165) is 18.8 Å². The van der Waals surface area contributed by atoms with Crippen LogP contribution < -0.4 is 0 Å². The van der Waals surface area contributed by atoms with Crippen LogP contribution in [0.2, 0.25) is 0 Å². The molecule has 226 valence electrons. The summed E-state index contributed by atoms with van der Waals surface area (Å²) in [6.45, 7) is 7.55. The standard InChI is InChI=1S/C36H70O2/c1-4-5-6-7-8-9-10-11-12-13-14-15-16-17-18-21-24-27-30-33-36(37)38-34-31-28-25-22-19-20-23-26-29-32-35(2)3/h11-12,35H,4-10,13-34H2,1-3H3. The predicted molar refractivity (Wildman–Crippen MR) is 170 cm³/mol. The van der Waals surface area contributed by atoms with E-state index < -0.39 is 0 Å². The highest BCUT2D eigenvalue weighted by Gasteiger charge is 2.03. The molecular formula is C36H70O2. The average molecular weight is 535 g/mol. The first-order valence-electron chi connectivity index (χ1n) is 17.5. The molecule has 0 saturated carbocycles. The van der Waals surface area contributed by atoms with E-state index in [1.807, 2.05) is 0 Å². The van der Waals surface area contributed by atoms with Crippen molar-refractivity contribution >= 4 is 5.97 Å². The fourth-order valence-electron chi connectivity index (χ4n) is 5.20. The van der Waals surface area contributed by atoms with Crippen LogP contribution >= 0.6 is 0 Å². The van der Waals surface area contributed by atoms with Crippen molar-refractivity contribution in [2.45, 2.75) is 201 Å². The molecule has 0 atom stereocenters. The first-order valence-corrected chi connectivity index (χ1v) is 17.5. The lowest BCUT2D eigenvalue weighted by Gasteiger charge is -2.06. The molecule has 2 nitrogen and oxygen atoms in total. The normalized spacial score (nSPS) is 11.7. The summed E-state index contributed by atoms with van der Waals surface area (Å²) in [6.07, 6.45) is 41.2. The molecule has 0 rings (SSSR count). The smallest absolute Gasteiger partial charge is 0.305 e. The Bertz CT molecular complexity index is 482. The molecule has 0 aliphatic heterocycles. The van der Waals surface area contributed by atoms with E-state index in [4.69, 9.17) is 4.74 Å². The second-order valence-electron chi connectivity index (χ2n) is 12.3. The van der Waals surface area contributed by atoms with E-state index >= 15 is 0 Å². The lowest BCUT2D eigenvalue weighted by molar-refractivity contribution is -0.143. The van der Waals surface area contributed by atoms with Gasteiger partial charge in [-0.15, -0.1) is 0 Å². The molecule has 0 aromatic carbocycles. The number of allylic oxidation sites excluding steroid dienone is 2. The third-order valence-corrected chi connectivity index (χ3v) is 7.83. The fourth-order valence-corrected chi connectivity index (χ4v) is 5.20. The number of hydrogen-bond donors (Lipinski definition) is 0. The number of carbonyl (C=O) groups excluding carboxylic acids is 1. The third-order valence-electron chi connectivity index (χ3n) is 7.83. The number of esters is 1. The Morgan fingerprint density at radius 3 is 1.39 bits per heavy atom. The van der Waals surface area contributed by atoms with Gasteiger partial charge in [-0.05, 0) is 44.4 Å². The van der Waals surface area contributed by atoms with Crippen molar-refractivity contribution in [3.63, 3.8) is 0 Å². The molecule has 2 heteroatoms. The Labute approximate surface area is 240 Å². The summed E-state index contributed by atoms with van der Waals surface area (Å²) < 4.78 is 5.43. The van der Waals surface area contributed by atoms with Crippen LogP contribution in [0.5, 0.6) is 0 Å². The second kappa shape index (κ2) is 32.4. The SMILES string of the molecule is CCCCCCCCC=CCCCCCCCCCCCC(=O)OCCCCCCCCCCCC(C)C. The van der Waals surface area contributed by atoms with Gasteiger partial charge in [0.1, 0.15) is 0 Å². The Hall–Kier alpha value is -0.790. The van der Waals surface area contributed by atoms with Crippen molar-refractivity contribution in [3.8, 4) is 0 Å². The molecular weight excluding hydrogens is 464 g/mol. The van der Waals surface area contributed by atoms with Gasteiger partial charge in [0.25, 0.3) is 0 Å². The van der Waals surface area contributed by atoms with Crippen molar-refractivity contribution in [3.05, 3.63) is 12.2 Å². The predicted octanol–water partition coefficient (Wildman–Crippen LogP) is 12.7. The van der Waals surface area contributed by atoms with Crippen molar-refractivity contribution in [1.29, 1.82) is 0 Å². The molecule has 0 spiro atoms. The number of carbonyl (C=O) groups is 1. The van der Waals surface area contributed by atoms with Crippen LogP contribution in [0.15, 0.2) is 12.2 Å². The Kier molecular flexibility index (Phi) is 31.7. The average Bonchev–Trinajstić information content (AvgIpc) is 2.90. The van der Waals surface area contributed by atoms with E-state index in [-0.39, 0.29) is 5.97 Å². The minimum absolute atomic E-state index is 0.0208. The van der Waals surface area contributed by atoms with Crippen molar-refractivity contribution in [1.82, 2.24) is 0 Å². The molecule has 0 unspecified atom stereocenters. The molecule has 38 heavy (non-hydrogen) atoms. The summed E-state index contributed by atoms with van der Waals surface area (Å²) in [5.41, 5.74) is 0. The Morgan fingerprint density at radius 1 is 0.526 bits per heavy atom. The molecule has 0 aliphatic carbocycles. The minimum Gasteiger partial charge on any atom is -0.466 e. The topological polar surface area (TPSA) is 26.3 Å². The first kappa shape index (κ1) is 37.2. The van der Waals surface area contributed by atoms with Gasteiger partial charge in [0, 0.05) is 6.42 Å². The van der Waals surface area contributed by atoms with Gasteiger partial charge in [0.05, 0.1) is 6.61 Å². The molecule has 0 amide bonds. The molecule has 0 aliphatic rings. The summed E-state index contributed by atoms with van der Waals surface area (Å²) in [6, 6.07) is 0. The van der Waals surface area contributed by atoms with Gasteiger partial charge in [0.15, 0.2) is 0 Å². The van der Waals surface area contributed by atoms with E-state index in [1.165, 1.54) is 161 Å². The maximum Gasteiger partial charge on any atom is 0.305 e. The van der Waals surface area contributed by atoms with Gasteiger partial charge in [0.2, 0.25) is 0 Å². The Balaban J connectivity index is 3.19. The van der Waals surface area contributed by atoms with Crippen molar-refractivity contribution < 1.29 is 9.53 Å². The van der Waals surface area contributed by atoms with Crippen LogP contribution in [0.25, 0.3) is 0 Å². The van der Waals surface area contributed by atoms with Gasteiger partial charge in [-0.3, -0.25) is 4.79 Å². The van der Waals surface area contributed by atoms with Gasteiger partial charge in [-0.1, -0.05) is 168 Å². The maximum absolute atomic E-state index is 11.9.